The molecule has 0 spiro atoms. The van der Waals surface area contributed by atoms with Crippen LogP contribution in [0.4, 0.5) is 0 Å². The van der Waals surface area contributed by atoms with Gasteiger partial charge in [-0.2, -0.15) is 9.78 Å². The molecule has 0 atom stereocenters. The van der Waals surface area contributed by atoms with Crippen LogP contribution in [-0.4, -0.2) is 22.5 Å². The van der Waals surface area contributed by atoms with Gasteiger partial charge in [0.05, 0.1) is 28.2 Å². The molecule has 4 aromatic rings. The Kier molecular flexibility index (Phi) is 9.40. The summed E-state index contributed by atoms with van der Waals surface area (Å²) in [6, 6.07) is 16.7. The van der Waals surface area contributed by atoms with Crippen molar-refractivity contribution >= 4 is 60.6 Å². The first kappa shape index (κ1) is 27.4. The molecule has 0 aliphatic heterocycles. The summed E-state index contributed by atoms with van der Waals surface area (Å²) >= 11 is 13.3. The highest BCUT2D eigenvalue weighted by atomic mass is 79.9. The number of halogens is 3. The molecule has 4 rings (SSSR count). The first-order valence-electron chi connectivity index (χ1n) is 12.0. The highest BCUT2D eigenvalue weighted by molar-refractivity contribution is 9.10. The molecule has 0 radical (unpaired) electrons. The van der Waals surface area contributed by atoms with Crippen LogP contribution in [0, 0.1) is 0 Å². The van der Waals surface area contributed by atoms with E-state index >= 15 is 0 Å². The molecule has 1 heterocycles. The average Bonchev–Trinajstić information content (AvgIpc) is 2.88. The van der Waals surface area contributed by atoms with Crippen molar-refractivity contribution < 1.29 is 9.47 Å². The number of ether oxygens (including phenoxy) is 2. The fourth-order valence-electron chi connectivity index (χ4n) is 3.77. The molecular formula is C28H26Br2ClN3O3. The van der Waals surface area contributed by atoms with Crippen molar-refractivity contribution in [3.63, 3.8) is 0 Å². The zero-order valence-corrected chi connectivity index (χ0v) is 24.4. The molecule has 6 nitrogen and oxygen atoms in total. The van der Waals surface area contributed by atoms with E-state index in [1.807, 2.05) is 55.5 Å². The number of hydrogen-bond acceptors (Lipinski definition) is 5. The lowest BCUT2D eigenvalue weighted by atomic mass is 10.2. The summed E-state index contributed by atoms with van der Waals surface area (Å²) in [6.07, 6.45) is 4.17. The zero-order chi connectivity index (χ0) is 26.4. The first-order chi connectivity index (χ1) is 17.9. The number of unbranched alkanes of at least 4 members (excludes halogenated alkanes) is 1. The van der Waals surface area contributed by atoms with E-state index in [0.29, 0.717) is 57.4 Å². The molecule has 9 heteroatoms. The minimum atomic E-state index is -0.211. The molecule has 1 aromatic heterocycles. The lowest BCUT2D eigenvalue weighted by Gasteiger charge is -2.15. The number of benzene rings is 3. The molecule has 0 amide bonds. The van der Waals surface area contributed by atoms with Gasteiger partial charge in [0.15, 0.2) is 11.5 Å². The van der Waals surface area contributed by atoms with Crippen molar-refractivity contribution in [3.8, 4) is 11.5 Å². The Morgan fingerprint density at radius 3 is 2.65 bits per heavy atom. The van der Waals surface area contributed by atoms with E-state index in [4.69, 9.17) is 26.1 Å². The Bertz CT molecular complexity index is 1500. The topological polar surface area (TPSA) is 65.7 Å². The molecule has 0 saturated carbocycles. The zero-order valence-electron chi connectivity index (χ0n) is 20.5. The van der Waals surface area contributed by atoms with E-state index in [1.54, 1.807) is 12.3 Å². The normalized spacial score (nSPS) is 11.4. The molecule has 0 unspecified atom stereocenters. The van der Waals surface area contributed by atoms with Gasteiger partial charge < -0.3 is 9.47 Å². The predicted molar refractivity (Wildman–Crippen MR) is 156 cm³/mol. The molecule has 0 fully saturated rings. The van der Waals surface area contributed by atoms with Gasteiger partial charge in [0.2, 0.25) is 0 Å². The number of fused-ring (bicyclic) bond motifs is 1. The second kappa shape index (κ2) is 12.7. The van der Waals surface area contributed by atoms with E-state index in [-0.39, 0.29) is 5.56 Å². The Balaban J connectivity index is 1.70. The summed E-state index contributed by atoms with van der Waals surface area (Å²) in [5, 5.41) is 5.70. The Morgan fingerprint density at radius 1 is 1.08 bits per heavy atom. The minimum Gasteiger partial charge on any atom is -0.490 e. The Labute approximate surface area is 237 Å². The van der Waals surface area contributed by atoms with Crippen LogP contribution >= 0.6 is 43.5 Å². The molecule has 0 bridgehead atoms. The van der Waals surface area contributed by atoms with Crippen molar-refractivity contribution in [3.05, 3.63) is 95.9 Å². The predicted octanol–water partition coefficient (Wildman–Crippen LogP) is 7.78. The van der Waals surface area contributed by atoms with Crippen LogP contribution in [0.3, 0.4) is 0 Å². The third-order valence-corrected chi connectivity index (χ3v) is 7.06. The maximum atomic E-state index is 13.3. The van der Waals surface area contributed by atoms with Gasteiger partial charge in [-0.05, 0) is 71.2 Å². The van der Waals surface area contributed by atoms with Gasteiger partial charge in [-0.3, -0.25) is 4.79 Å². The van der Waals surface area contributed by atoms with E-state index in [1.165, 1.54) is 4.68 Å². The van der Waals surface area contributed by atoms with Gasteiger partial charge in [0.25, 0.3) is 5.56 Å². The van der Waals surface area contributed by atoms with E-state index in [0.717, 1.165) is 28.4 Å². The molecule has 192 valence electrons. The van der Waals surface area contributed by atoms with Gasteiger partial charge in [-0.1, -0.05) is 59.1 Å². The van der Waals surface area contributed by atoms with Crippen LogP contribution < -0.4 is 15.0 Å². The van der Waals surface area contributed by atoms with E-state index in [9.17, 15) is 4.79 Å². The van der Waals surface area contributed by atoms with Gasteiger partial charge in [-0.15, -0.1) is 0 Å². The average molecular weight is 648 g/mol. The van der Waals surface area contributed by atoms with Crippen LogP contribution in [-0.2, 0) is 13.0 Å². The fraction of sp³-hybridized carbons (Fsp3) is 0.250. The molecule has 3 aromatic carbocycles. The summed E-state index contributed by atoms with van der Waals surface area (Å²) in [5.74, 6) is 1.75. The summed E-state index contributed by atoms with van der Waals surface area (Å²) in [7, 11) is 0. The monoisotopic (exact) mass is 645 g/mol. The standard InChI is InChI=1S/C28H26Br2ClN3O3/c1-3-5-10-26-33-24-12-11-20(29)15-21(24)28(35)34(26)32-16-18-13-22(30)27(25(14-18)36-4-2)37-17-19-8-6-7-9-23(19)31/h6-9,11-16H,3-5,10,17H2,1-2H3. The number of nitrogens with zero attached hydrogens (tertiary/aromatic N) is 3. The van der Waals surface area contributed by atoms with E-state index in [2.05, 4.69) is 43.9 Å². The third-order valence-electron chi connectivity index (χ3n) is 5.61. The van der Waals surface area contributed by atoms with Crippen molar-refractivity contribution in [1.82, 2.24) is 9.66 Å². The van der Waals surface area contributed by atoms with Crippen molar-refractivity contribution in [2.24, 2.45) is 5.10 Å². The minimum absolute atomic E-state index is 0.211. The molecule has 0 aliphatic carbocycles. The summed E-state index contributed by atoms with van der Waals surface area (Å²) in [4.78, 5) is 18.1. The van der Waals surface area contributed by atoms with Crippen LogP contribution in [0.5, 0.6) is 11.5 Å². The number of aryl methyl sites for hydroxylation is 1. The maximum Gasteiger partial charge on any atom is 0.282 e. The van der Waals surface area contributed by atoms with Crippen molar-refractivity contribution in [1.29, 1.82) is 0 Å². The Morgan fingerprint density at radius 2 is 1.89 bits per heavy atom. The molecule has 0 saturated heterocycles. The van der Waals surface area contributed by atoms with Crippen LogP contribution in [0.2, 0.25) is 5.02 Å². The van der Waals surface area contributed by atoms with Crippen molar-refractivity contribution in [2.45, 2.75) is 39.7 Å². The summed E-state index contributed by atoms with van der Waals surface area (Å²) in [6.45, 7) is 4.76. The molecular weight excluding hydrogens is 622 g/mol. The van der Waals surface area contributed by atoms with Crippen molar-refractivity contribution in [2.75, 3.05) is 6.61 Å². The van der Waals surface area contributed by atoms with Gasteiger partial charge >= 0.3 is 0 Å². The third kappa shape index (κ3) is 6.61. The number of rotatable bonds is 10. The van der Waals surface area contributed by atoms with E-state index < -0.39 is 0 Å². The Hall–Kier alpha value is -2.68. The summed E-state index contributed by atoms with van der Waals surface area (Å²) in [5.41, 5.74) is 2.06. The van der Waals surface area contributed by atoms with Gasteiger partial charge in [0.1, 0.15) is 12.4 Å². The smallest absolute Gasteiger partial charge is 0.282 e. The summed E-state index contributed by atoms with van der Waals surface area (Å²) < 4.78 is 14.8. The second-order valence-electron chi connectivity index (χ2n) is 8.30. The fourth-order valence-corrected chi connectivity index (χ4v) is 4.89. The highest BCUT2D eigenvalue weighted by Gasteiger charge is 2.14. The van der Waals surface area contributed by atoms with Crippen LogP contribution in [0.1, 0.15) is 43.6 Å². The van der Waals surface area contributed by atoms with Gasteiger partial charge in [0, 0.05) is 21.5 Å². The first-order valence-corrected chi connectivity index (χ1v) is 14.0. The second-order valence-corrected chi connectivity index (χ2v) is 10.5. The lowest BCUT2D eigenvalue weighted by molar-refractivity contribution is 0.267. The molecule has 0 aliphatic rings. The quantitative estimate of drug-likeness (QED) is 0.165. The van der Waals surface area contributed by atoms with Gasteiger partial charge in [-0.25, -0.2) is 4.98 Å². The molecule has 0 N–H and O–H groups in total. The largest absolute Gasteiger partial charge is 0.490 e. The number of aromatic nitrogens is 2. The lowest BCUT2D eigenvalue weighted by Crippen LogP contribution is -2.22. The maximum absolute atomic E-state index is 13.3. The number of hydrogen-bond donors (Lipinski definition) is 0. The highest BCUT2D eigenvalue weighted by Crippen LogP contribution is 2.37. The molecule has 37 heavy (non-hydrogen) atoms. The van der Waals surface area contributed by atoms with Crippen LogP contribution in [0.15, 0.2) is 73.4 Å². The van der Waals surface area contributed by atoms with Crippen LogP contribution in [0.25, 0.3) is 10.9 Å². The SMILES string of the molecule is CCCCc1nc2ccc(Br)cc2c(=O)n1N=Cc1cc(Br)c(OCc2ccccc2Cl)c(OCC)c1.